The number of fused-ring (bicyclic) bond motifs is 1. The summed E-state index contributed by atoms with van der Waals surface area (Å²) in [5.41, 5.74) is 9.78. The summed E-state index contributed by atoms with van der Waals surface area (Å²) in [7, 11) is 0. The average Bonchev–Trinajstić information content (AvgIpc) is 3.73. The summed E-state index contributed by atoms with van der Waals surface area (Å²) in [5.74, 6) is 0.627. The minimum atomic E-state index is -3.39. The zero-order valence-electron chi connectivity index (χ0n) is 47.2. The van der Waals surface area contributed by atoms with Crippen molar-refractivity contribution in [2.45, 2.75) is 85.3 Å². The fourth-order valence-electron chi connectivity index (χ4n) is 8.61. The summed E-state index contributed by atoms with van der Waals surface area (Å²) < 4.78 is 76.6. The number of rotatable bonds is 7. The van der Waals surface area contributed by atoms with Crippen LogP contribution in [-0.2, 0) is 37.3 Å². The molecule has 0 spiro atoms. The minimum absolute atomic E-state index is 0. The van der Waals surface area contributed by atoms with E-state index in [1.807, 2.05) is 110 Å². The molecule has 5 heteroatoms. The zero-order chi connectivity index (χ0) is 53.3. The van der Waals surface area contributed by atoms with Gasteiger partial charge in [0.05, 0.1) is 22.3 Å². The van der Waals surface area contributed by atoms with E-state index >= 15 is 0 Å². The molecule has 9 aromatic rings. The second-order valence-corrected chi connectivity index (χ2v) is 19.1. The number of pyridine rings is 1. The molecule has 4 nitrogen and oxygen atoms in total. The van der Waals surface area contributed by atoms with Gasteiger partial charge in [-0.2, -0.15) is 0 Å². The van der Waals surface area contributed by atoms with Gasteiger partial charge in [0, 0.05) is 56.4 Å². The number of para-hydroxylation sites is 1. The van der Waals surface area contributed by atoms with Crippen molar-refractivity contribution in [3.05, 3.63) is 192 Å². The molecule has 0 unspecified atom stereocenters. The predicted molar refractivity (Wildman–Crippen MR) is 273 cm³/mol. The third-order valence-corrected chi connectivity index (χ3v) is 12.1. The van der Waals surface area contributed by atoms with Gasteiger partial charge in [-0.15, -0.1) is 29.3 Å². The first kappa shape index (κ1) is 35.9. The predicted octanol–water partition coefficient (Wildman–Crippen LogP) is 16.1. The van der Waals surface area contributed by atoms with Crippen molar-refractivity contribution < 1.29 is 38.5 Å². The summed E-state index contributed by atoms with van der Waals surface area (Å²) in [5, 5.41) is 12.4. The van der Waals surface area contributed by atoms with Gasteiger partial charge >= 0.3 is 0 Å². The van der Waals surface area contributed by atoms with Gasteiger partial charge in [0.2, 0.25) is 0 Å². The van der Waals surface area contributed by atoms with Crippen LogP contribution in [0.25, 0.3) is 83.9 Å². The van der Waals surface area contributed by atoms with E-state index in [-0.39, 0.29) is 37.8 Å². The smallest absolute Gasteiger partial charge is 0.148 e. The molecule has 0 aliphatic carbocycles. The number of imidazole rings is 1. The third-order valence-electron chi connectivity index (χ3n) is 12.1. The van der Waals surface area contributed by atoms with Gasteiger partial charge in [0.15, 0.2) is 0 Å². The van der Waals surface area contributed by atoms with E-state index in [0.29, 0.717) is 28.0 Å². The number of aryl methyl sites for hydroxylation is 1. The molecule has 0 radical (unpaired) electrons. The summed E-state index contributed by atoms with van der Waals surface area (Å²) in [6.07, 6.45) is 1.83. The number of nitrogens with zero attached hydrogens (tertiary/aromatic N) is 3. The fraction of sp³-hybridized carbons (Fsp3) is 0.213. The van der Waals surface area contributed by atoms with Gasteiger partial charge in [-0.3, -0.25) is 9.55 Å². The van der Waals surface area contributed by atoms with Gasteiger partial charge in [-0.1, -0.05) is 188 Å². The Balaban J connectivity index is 0.00000747. The first-order chi connectivity index (χ1) is 34.7. The van der Waals surface area contributed by atoms with Crippen molar-refractivity contribution in [3.63, 3.8) is 0 Å². The number of aromatic nitrogens is 3. The van der Waals surface area contributed by atoms with Crippen LogP contribution < -0.4 is 0 Å². The van der Waals surface area contributed by atoms with E-state index in [2.05, 4.69) is 88.6 Å². The fourth-order valence-corrected chi connectivity index (χ4v) is 8.61. The molecule has 2 aromatic heterocycles. The quantitative estimate of drug-likeness (QED) is 0.162. The van der Waals surface area contributed by atoms with Gasteiger partial charge in [-0.05, 0) is 92.4 Å². The monoisotopic (exact) mass is 1050 g/mol. The first-order valence-electron chi connectivity index (χ1n) is 26.5. The molecule has 1 N–H and O–H groups in total. The number of benzene rings is 7. The van der Waals surface area contributed by atoms with Crippen molar-refractivity contribution in [1.29, 1.82) is 0 Å². The summed E-state index contributed by atoms with van der Waals surface area (Å²) >= 11 is 0. The molecular weight excluding hydrogens is 986 g/mol. The topological polar surface area (TPSA) is 50.9 Å². The van der Waals surface area contributed by atoms with Crippen LogP contribution in [0, 0.1) is 13.0 Å². The normalized spacial score (nSPS) is 14.6. The van der Waals surface area contributed by atoms with Crippen LogP contribution in [-0.4, -0.2) is 19.6 Å². The van der Waals surface area contributed by atoms with Gasteiger partial charge < -0.3 is 5.11 Å². The van der Waals surface area contributed by atoms with Crippen LogP contribution in [0.3, 0.4) is 0 Å². The Morgan fingerprint density at radius 1 is 0.545 bits per heavy atom. The summed E-state index contributed by atoms with van der Waals surface area (Å²) in [6, 6.07) is 54.0. The Morgan fingerprint density at radius 3 is 1.85 bits per heavy atom. The van der Waals surface area contributed by atoms with Gasteiger partial charge in [0.25, 0.3) is 0 Å². The van der Waals surface area contributed by atoms with Crippen LogP contribution in [0.15, 0.2) is 164 Å². The number of hydrogen-bond donors (Lipinski definition) is 1. The van der Waals surface area contributed by atoms with Crippen LogP contribution in [0.5, 0.6) is 5.75 Å². The number of phenols is 1. The largest absolute Gasteiger partial charge is 0.507 e. The van der Waals surface area contributed by atoms with E-state index in [1.54, 1.807) is 12.1 Å². The van der Waals surface area contributed by atoms with E-state index in [0.717, 1.165) is 72.5 Å². The van der Waals surface area contributed by atoms with Crippen LogP contribution in [0.2, 0.25) is 0 Å². The standard InChI is InChI=1S/C61H58N3O.Pt/c1-39-32-51(57(65)52(33-39)61(8,9)10)58-63-56-49(45-34-46(36-48(35-45)60(5,6)7)53-38-44(30-31-62-53)40-18-13-11-14-19-40)22-17-23-55(56)64(58)54-29-26-43(37-50(54)42-20-15-12-16-21-42)41-24-27-47(28-25-41)59(2,3)4;/h11-33,35-38,65H,1-10H3;/q-1;/i2D3,3D3,4D3;. The summed E-state index contributed by atoms with van der Waals surface area (Å²) in [4.78, 5) is 10.4. The number of aromatic hydroxyl groups is 1. The molecular formula is C61H58N3OPt-. The van der Waals surface area contributed by atoms with E-state index in [4.69, 9.17) is 22.3 Å². The molecule has 0 fully saturated rings. The molecule has 334 valence electrons. The van der Waals surface area contributed by atoms with E-state index in [1.165, 1.54) is 12.1 Å². The molecule has 0 amide bonds. The number of hydrogen-bond acceptors (Lipinski definition) is 3. The van der Waals surface area contributed by atoms with Crippen molar-refractivity contribution in [2.24, 2.45) is 0 Å². The second-order valence-electron chi connectivity index (χ2n) is 19.1. The second kappa shape index (κ2) is 17.8. The molecule has 0 saturated carbocycles. The molecule has 0 saturated heterocycles. The Morgan fingerprint density at radius 2 is 1.18 bits per heavy atom. The summed E-state index contributed by atoms with van der Waals surface area (Å²) in [6.45, 7) is 4.61. The SMILES string of the molecule is [2H]C([2H])([2H])C(c1ccc(-c2ccc(-n3c(-c4cc(C)cc(C(C)(C)C)c4O)nc4c(-c5[c-]c(-c6cc(-c7ccccc7)ccn6)cc(C(C)(C)C)c5)cccc43)c(-c3ccccc3)c2)cc1)(C([2H])([2H])[2H])C([2H])([2H])[2H].[Pt]. The zero-order valence-corrected chi connectivity index (χ0v) is 40.5. The molecule has 0 atom stereocenters. The first-order valence-corrected chi connectivity index (χ1v) is 22.0. The Kier molecular flexibility index (Phi) is 9.67. The third kappa shape index (κ3) is 9.09. The Hall–Kier alpha value is -6.35. The molecule has 9 rings (SSSR count). The maximum Gasteiger partial charge on any atom is 0.148 e. The van der Waals surface area contributed by atoms with Crippen LogP contribution in [0.1, 0.15) is 96.7 Å². The van der Waals surface area contributed by atoms with Crippen molar-refractivity contribution in [1.82, 2.24) is 14.5 Å². The van der Waals surface area contributed by atoms with Crippen LogP contribution >= 0.6 is 0 Å². The van der Waals surface area contributed by atoms with Crippen molar-refractivity contribution in [2.75, 3.05) is 0 Å². The minimum Gasteiger partial charge on any atom is -0.507 e. The molecule has 0 bridgehead atoms. The Labute approximate surface area is 418 Å². The molecule has 7 aromatic carbocycles. The van der Waals surface area contributed by atoms with Crippen molar-refractivity contribution >= 4 is 11.0 Å². The van der Waals surface area contributed by atoms with Gasteiger partial charge in [0.1, 0.15) is 11.6 Å². The average molecular weight is 1050 g/mol. The van der Waals surface area contributed by atoms with Crippen LogP contribution in [0.4, 0.5) is 0 Å². The van der Waals surface area contributed by atoms with Crippen molar-refractivity contribution in [3.8, 4) is 78.6 Å². The Bertz CT molecular complexity index is 3520. The van der Waals surface area contributed by atoms with E-state index in [9.17, 15) is 5.11 Å². The van der Waals surface area contributed by atoms with Gasteiger partial charge in [-0.25, -0.2) is 4.98 Å². The van der Waals surface area contributed by atoms with E-state index < -0.39 is 31.4 Å². The molecule has 0 aliphatic rings. The molecule has 0 aliphatic heterocycles. The number of phenolic OH excluding ortho intramolecular Hbond substituents is 1. The maximum absolute atomic E-state index is 12.4. The molecule has 66 heavy (non-hydrogen) atoms. The maximum atomic E-state index is 12.4. The molecule has 2 heterocycles.